The summed E-state index contributed by atoms with van der Waals surface area (Å²) in [6, 6.07) is 11.6. The van der Waals surface area contributed by atoms with Gasteiger partial charge in [-0.1, -0.05) is 26.0 Å². The van der Waals surface area contributed by atoms with Crippen LogP contribution in [-0.2, 0) is 20.0 Å². The molecule has 204 valence electrons. The van der Waals surface area contributed by atoms with Gasteiger partial charge in [0.1, 0.15) is 11.5 Å². The number of alkyl halides is 2. The van der Waals surface area contributed by atoms with Gasteiger partial charge >= 0.3 is 0 Å². The number of H-pyrrole nitrogens is 1. The first-order valence-corrected chi connectivity index (χ1v) is 13.1. The maximum absolute atomic E-state index is 13.4. The molecule has 0 aliphatic carbocycles. The number of aromatic nitrogens is 5. The lowest BCUT2D eigenvalue weighted by molar-refractivity contribution is -0.113. The predicted molar refractivity (Wildman–Crippen MR) is 146 cm³/mol. The molecule has 0 atom stereocenters. The van der Waals surface area contributed by atoms with Crippen molar-refractivity contribution in [1.29, 1.82) is 0 Å². The SMILES string of the molecule is CCCN(Cc1c(CC)cc(C(=O)N2CC(F)(F)C2)n1C)c1nccc(Nc2ccc(-c3cn[nH]c3)cc2)n1. The van der Waals surface area contributed by atoms with Crippen LogP contribution in [0, 0.1) is 0 Å². The Morgan fingerprint density at radius 2 is 1.92 bits per heavy atom. The van der Waals surface area contributed by atoms with Gasteiger partial charge in [0.25, 0.3) is 11.8 Å². The molecule has 1 aliphatic heterocycles. The first-order valence-electron chi connectivity index (χ1n) is 13.1. The summed E-state index contributed by atoms with van der Waals surface area (Å²) in [5.41, 5.74) is 5.33. The normalized spacial score (nSPS) is 14.2. The molecule has 1 aliphatic rings. The number of likely N-dealkylation sites (tertiary alicyclic amines) is 1. The van der Waals surface area contributed by atoms with Crippen molar-refractivity contribution < 1.29 is 13.6 Å². The number of carbonyl (C=O) groups is 1. The minimum atomic E-state index is -2.80. The summed E-state index contributed by atoms with van der Waals surface area (Å²) in [5.74, 6) is -1.94. The highest BCUT2D eigenvalue weighted by atomic mass is 19.3. The van der Waals surface area contributed by atoms with Gasteiger partial charge < -0.3 is 19.7 Å². The van der Waals surface area contributed by atoms with Crippen LogP contribution in [-0.4, -0.2) is 61.1 Å². The first kappa shape index (κ1) is 26.3. The van der Waals surface area contributed by atoms with Gasteiger partial charge in [0.2, 0.25) is 5.95 Å². The van der Waals surface area contributed by atoms with Crippen LogP contribution >= 0.6 is 0 Å². The monoisotopic (exact) mass is 534 g/mol. The molecule has 1 saturated heterocycles. The number of benzene rings is 1. The van der Waals surface area contributed by atoms with Gasteiger partial charge in [-0.25, -0.2) is 13.8 Å². The third-order valence-corrected chi connectivity index (χ3v) is 6.93. The van der Waals surface area contributed by atoms with Gasteiger partial charge in [0.15, 0.2) is 0 Å². The van der Waals surface area contributed by atoms with E-state index >= 15 is 0 Å². The number of anilines is 3. The largest absolute Gasteiger partial charge is 0.342 e. The molecule has 2 N–H and O–H groups in total. The van der Waals surface area contributed by atoms with Crippen molar-refractivity contribution in [2.75, 3.05) is 29.9 Å². The van der Waals surface area contributed by atoms with Crippen LogP contribution in [0.1, 0.15) is 42.0 Å². The molecular weight excluding hydrogens is 502 g/mol. The number of hydrogen-bond donors (Lipinski definition) is 2. The first-order chi connectivity index (χ1) is 18.8. The Kier molecular flexibility index (Phi) is 7.32. The highest BCUT2D eigenvalue weighted by Crippen LogP contribution is 2.30. The Morgan fingerprint density at radius 1 is 1.15 bits per heavy atom. The fraction of sp³-hybridized carbons (Fsp3) is 0.357. The maximum Gasteiger partial charge on any atom is 0.282 e. The molecule has 0 bridgehead atoms. The summed E-state index contributed by atoms with van der Waals surface area (Å²) in [5, 5.41) is 10.2. The number of amides is 1. The molecule has 0 saturated carbocycles. The highest BCUT2D eigenvalue weighted by molar-refractivity contribution is 5.94. The van der Waals surface area contributed by atoms with E-state index < -0.39 is 19.0 Å². The summed E-state index contributed by atoms with van der Waals surface area (Å²) < 4.78 is 28.6. The van der Waals surface area contributed by atoms with E-state index in [1.165, 1.54) is 4.90 Å². The van der Waals surface area contributed by atoms with Gasteiger partial charge in [0, 0.05) is 42.9 Å². The second-order valence-corrected chi connectivity index (χ2v) is 9.78. The smallest absolute Gasteiger partial charge is 0.282 e. The van der Waals surface area contributed by atoms with Crippen LogP contribution < -0.4 is 10.2 Å². The molecule has 5 rings (SSSR count). The summed E-state index contributed by atoms with van der Waals surface area (Å²) in [6.45, 7) is 4.23. The number of nitrogens with one attached hydrogen (secondary N) is 2. The zero-order chi connectivity index (χ0) is 27.6. The highest BCUT2D eigenvalue weighted by Gasteiger charge is 2.47. The predicted octanol–water partition coefficient (Wildman–Crippen LogP) is 5.02. The topological polar surface area (TPSA) is 95.0 Å². The number of carbonyl (C=O) groups excluding carboxylic acids is 1. The van der Waals surface area contributed by atoms with Crippen LogP contribution in [0.25, 0.3) is 11.1 Å². The third-order valence-electron chi connectivity index (χ3n) is 6.93. The number of halogens is 2. The molecule has 1 amide bonds. The molecular formula is C28H32F2N8O. The minimum Gasteiger partial charge on any atom is -0.342 e. The minimum absolute atomic E-state index is 0.368. The second kappa shape index (κ2) is 10.8. The Labute approximate surface area is 225 Å². The van der Waals surface area contributed by atoms with Crippen molar-refractivity contribution in [3.8, 4) is 11.1 Å². The van der Waals surface area contributed by atoms with Crippen molar-refractivity contribution in [3.05, 3.63) is 71.9 Å². The lowest BCUT2D eigenvalue weighted by atomic mass is 10.1. The molecule has 4 heterocycles. The Balaban J connectivity index is 1.34. The van der Waals surface area contributed by atoms with Gasteiger partial charge in [-0.2, -0.15) is 10.1 Å². The van der Waals surface area contributed by atoms with Gasteiger partial charge in [-0.15, -0.1) is 0 Å². The average molecular weight is 535 g/mol. The lowest BCUT2D eigenvalue weighted by Gasteiger charge is -2.38. The zero-order valence-electron chi connectivity index (χ0n) is 22.3. The van der Waals surface area contributed by atoms with Crippen LogP contribution in [0.4, 0.5) is 26.2 Å². The van der Waals surface area contributed by atoms with Gasteiger partial charge in [-0.3, -0.25) is 9.89 Å². The second-order valence-electron chi connectivity index (χ2n) is 9.78. The zero-order valence-corrected chi connectivity index (χ0v) is 22.3. The van der Waals surface area contributed by atoms with E-state index in [4.69, 9.17) is 4.98 Å². The van der Waals surface area contributed by atoms with Crippen molar-refractivity contribution in [3.63, 3.8) is 0 Å². The molecule has 0 radical (unpaired) electrons. The van der Waals surface area contributed by atoms with Gasteiger partial charge in [-0.05, 0) is 48.2 Å². The maximum atomic E-state index is 13.4. The Hall–Kier alpha value is -4.28. The fourth-order valence-electron chi connectivity index (χ4n) is 4.82. The third kappa shape index (κ3) is 5.62. The summed E-state index contributed by atoms with van der Waals surface area (Å²) >= 11 is 0. The van der Waals surface area contributed by atoms with Crippen molar-refractivity contribution in [2.45, 2.75) is 39.2 Å². The average Bonchev–Trinajstić information content (AvgIpc) is 3.56. The summed E-state index contributed by atoms with van der Waals surface area (Å²) in [7, 11) is 1.82. The van der Waals surface area contributed by atoms with Crippen LogP contribution in [0.3, 0.4) is 0 Å². The van der Waals surface area contributed by atoms with E-state index in [0.29, 0.717) is 37.0 Å². The van der Waals surface area contributed by atoms with E-state index in [-0.39, 0.29) is 5.91 Å². The molecule has 39 heavy (non-hydrogen) atoms. The van der Waals surface area contributed by atoms with Crippen molar-refractivity contribution >= 4 is 23.4 Å². The number of hydrogen-bond acceptors (Lipinski definition) is 6. The fourth-order valence-corrected chi connectivity index (χ4v) is 4.82. The Morgan fingerprint density at radius 3 is 2.56 bits per heavy atom. The number of nitrogens with zero attached hydrogens (tertiary/aromatic N) is 6. The van der Waals surface area contributed by atoms with Crippen molar-refractivity contribution in [2.24, 2.45) is 7.05 Å². The van der Waals surface area contributed by atoms with Gasteiger partial charge in [0.05, 0.1) is 25.8 Å². The molecule has 0 unspecified atom stereocenters. The molecule has 1 fully saturated rings. The molecule has 4 aromatic rings. The van der Waals surface area contributed by atoms with E-state index in [1.54, 1.807) is 12.4 Å². The molecule has 3 aromatic heterocycles. The molecule has 9 nitrogen and oxygen atoms in total. The van der Waals surface area contributed by atoms with E-state index in [1.807, 2.05) is 61.1 Å². The molecule has 0 spiro atoms. The van der Waals surface area contributed by atoms with Crippen LogP contribution in [0.2, 0.25) is 0 Å². The number of rotatable bonds is 10. The molecule has 1 aromatic carbocycles. The summed E-state index contributed by atoms with van der Waals surface area (Å²) in [4.78, 5) is 25.5. The van der Waals surface area contributed by atoms with E-state index in [0.717, 1.165) is 34.5 Å². The number of aryl methyl sites for hydroxylation is 1. The number of aromatic amines is 1. The van der Waals surface area contributed by atoms with E-state index in [2.05, 4.69) is 32.3 Å². The Bertz CT molecular complexity index is 1420. The van der Waals surface area contributed by atoms with Crippen molar-refractivity contribution in [1.82, 2.24) is 29.6 Å². The van der Waals surface area contributed by atoms with E-state index in [9.17, 15) is 13.6 Å². The lowest BCUT2D eigenvalue weighted by Crippen LogP contribution is -2.58. The summed E-state index contributed by atoms with van der Waals surface area (Å²) in [6.07, 6.45) is 6.93. The van der Waals surface area contributed by atoms with Crippen LogP contribution in [0.5, 0.6) is 0 Å². The quantitative estimate of drug-likeness (QED) is 0.297. The molecule has 11 heteroatoms. The van der Waals surface area contributed by atoms with Crippen LogP contribution in [0.15, 0.2) is 55.0 Å². The standard InChI is InChI=1S/C28H32F2N8O/c1-4-12-37(16-24-19(5-2)13-23(36(24)3)26(39)38-17-28(29,30)18-38)27-31-11-10-25(35-27)34-22-8-6-20(7-9-22)21-14-32-33-15-21/h6-11,13-15H,4-5,12,16-18H2,1-3H3,(H,32,33)(H,31,34,35).